The fourth-order valence-electron chi connectivity index (χ4n) is 0.737. The predicted octanol–water partition coefficient (Wildman–Crippen LogP) is 1.23. The Morgan fingerprint density at radius 3 is 2.20 bits per heavy atom. The Balaban J connectivity index is 0.000000921. The van der Waals surface area contributed by atoms with Crippen LogP contribution in [0.3, 0.4) is 0 Å². The largest absolute Gasteiger partial charge is 0.511 e. The second-order valence-electron chi connectivity index (χ2n) is 2.12. The van der Waals surface area contributed by atoms with Gasteiger partial charge in [0.15, 0.2) is 0 Å². The summed E-state index contributed by atoms with van der Waals surface area (Å²) < 4.78 is 4.24. The van der Waals surface area contributed by atoms with Crippen LogP contribution in [-0.4, -0.2) is 23.2 Å². The second-order valence-corrected chi connectivity index (χ2v) is 2.12. The highest BCUT2D eigenvalue weighted by Gasteiger charge is 2.05. The summed E-state index contributed by atoms with van der Waals surface area (Å²) in [5.74, 6) is 0.0538. The Labute approximate surface area is 85.2 Å². The summed E-state index contributed by atoms with van der Waals surface area (Å²) in [4.78, 5) is 19.6. The minimum atomic E-state index is -1.45. The Morgan fingerprint density at radius 1 is 1.40 bits per heavy atom. The number of nitro groups is 1. The van der Waals surface area contributed by atoms with Crippen LogP contribution in [-0.2, 0) is 0 Å². The average molecular weight is 214 g/mol. The number of rotatable bonds is 2. The van der Waals surface area contributed by atoms with Gasteiger partial charge in [-0.25, -0.2) is 4.79 Å². The zero-order valence-electron chi connectivity index (χ0n) is 7.91. The lowest BCUT2D eigenvalue weighted by molar-refractivity contribution is -0.384. The van der Waals surface area contributed by atoms with Crippen molar-refractivity contribution in [1.82, 2.24) is 0 Å². The molecule has 3 N–H and O–H groups in total. The maximum absolute atomic E-state index is 10.2. The van der Waals surface area contributed by atoms with Gasteiger partial charge in [-0.1, -0.05) is 0 Å². The SMILES string of the molecule is CN.O=C(O)Oc1ccc([N+](=O)[O-])cc1. The highest BCUT2D eigenvalue weighted by atomic mass is 16.7. The van der Waals surface area contributed by atoms with E-state index in [0.29, 0.717) is 0 Å². The number of hydrogen-bond acceptors (Lipinski definition) is 5. The molecule has 0 saturated carbocycles. The van der Waals surface area contributed by atoms with Crippen LogP contribution in [0.1, 0.15) is 0 Å². The molecule has 0 unspecified atom stereocenters. The van der Waals surface area contributed by atoms with Gasteiger partial charge in [0, 0.05) is 12.1 Å². The Kier molecular flexibility index (Phi) is 5.42. The van der Waals surface area contributed by atoms with Gasteiger partial charge < -0.3 is 15.6 Å². The molecule has 7 nitrogen and oxygen atoms in total. The molecule has 1 rings (SSSR count). The van der Waals surface area contributed by atoms with Gasteiger partial charge in [-0.15, -0.1) is 0 Å². The molecule has 0 spiro atoms. The Hall–Kier alpha value is -2.15. The molecular weight excluding hydrogens is 204 g/mol. The standard InChI is InChI=1S/C7H5NO5.CH5N/c9-7(10)13-6-3-1-5(2-4-6)8(11)12;1-2/h1-4H,(H,9,10);2H2,1H3. The van der Waals surface area contributed by atoms with E-state index in [1.807, 2.05) is 0 Å². The molecule has 0 aliphatic heterocycles. The quantitative estimate of drug-likeness (QED) is 0.331. The third-order valence-corrected chi connectivity index (χ3v) is 1.25. The van der Waals surface area contributed by atoms with Crippen molar-refractivity contribution in [2.24, 2.45) is 5.73 Å². The molecule has 0 amide bonds. The van der Waals surface area contributed by atoms with Crippen LogP contribution < -0.4 is 10.5 Å². The number of non-ortho nitro benzene ring substituents is 1. The fraction of sp³-hybridized carbons (Fsp3) is 0.125. The van der Waals surface area contributed by atoms with Gasteiger partial charge in [0.1, 0.15) is 5.75 Å². The molecule has 0 bridgehead atoms. The van der Waals surface area contributed by atoms with E-state index in [1.54, 1.807) is 0 Å². The van der Waals surface area contributed by atoms with Gasteiger partial charge >= 0.3 is 6.16 Å². The number of hydrogen-bond donors (Lipinski definition) is 2. The predicted molar refractivity (Wildman–Crippen MR) is 51.9 cm³/mol. The van der Waals surface area contributed by atoms with Crippen molar-refractivity contribution in [3.05, 3.63) is 34.4 Å². The molecule has 1 aromatic rings. The fourth-order valence-corrected chi connectivity index (χ4v) is 0.737. The molecule has 7 heteroatoms. The number of carboxylic acid groups (broad SMARTS) is 1. The molecule has 0 saturated heterocycles. The van der Waals surface area contributed by atoms with E-state index in [-0.39, 0.29) is 11.4 Å². The van der Waals surface area contributed by atoms with E-state index >= 15 is 0 Å². The first-order valence-corrected chi connectivity index (χ1v) is 3.82. The summed E-state index contributed by atoms with van der Waals surface area (Å²) in [6.07, 6.45) is -1.45. The van der Waals surface area contributed by atoms with Crippen LogP contribution in [0.15, 0.2) is 24.3 Å². The smallest absolute Gasteiger partial charge is 0.449 e. The monoisotopic (exact) mass is 214 g/mol. The van der Waals surface area contributed by atoms with Gasteiger partial charge in [-0.2, -0.15) is 0 Å². The van der Waals surface area contributed by atoms with E-state index in [4.69, 9.17) is 5.11 Å². The highest BCUT2D eigenvalue weighted by molar-refractivity contribution is 5.61. The number of ether oxygens (including phenoxy) is 1. The Bertz CT molecular complexity index is 335. The molecule has 0 aromatic heterocycles. The summed E-state index contributed by atoms with van der Waals surface area (Å²) in [5, 5.41) is 18.4. The summed E-state index contributed by atoms with van der Waals surface area (Å²) >= 11 is 0. The lowest BCUT2D eigenvalue weighted by Gasteiger charge is -1.97. The van der Waals surface area contributed by atoms with E-state index in [1.165, 1.54) is 19.2 Å². The number of benzene rings is 1. The summed E-state index contributed by atoms with van der Waals surface area (Å²) in [6.45, 7) is 0. The van der Waals surface area contributed by atoms with Crippen LogP contribution in [0.2, 0.25) is 0 Å². The minimum Gasteiger partial charge on any atom is -0.449 e. The molecular formula is C8H10N2O5. The molecule has 0 heterocycles. The normalized spacial score (nSPS) is 8.40. The van der Waals surface area contributed by atoms with Crippen molar-refractivity contribution in [1.29, 1.82) is 0 Å². The number of nitrogens with two attached hydrogens (primary N) is 1. The van der Waals surface area contributed by atoms with Crippen LogP contribution in [0.25, 0.3) is 0 Å². The lowest BCUT2D eigenvalue weighted by atomic mass is 10.3. The highest BCUT2D eigenvalue weighted by Crippen LogP contribution is 2.17. The van der Waals surface area contributed by atoms with E-state index in [9.17, 15) is 14.9 Å². The van der Waals surface area contributed by atoms with Crippen molar-refractivity contribution in [3.63, 3.8) is 0 Å². The Morgan fingerprint density at radius 2 is 1.87 bits per heavy atom. The van der Waals surface area contributed by atoms with Gasteiger partial charge in [0.25, 0.3) is 5.69 Å². The molecule has 15 heavy (non-hydrogen) atoms. The third-order valence-electron chi connectivity index (χ3n) is 1.25. The molecule has 0 aliphatic carbocycles. The van der Waals surface area contributed by atoms with Crippen LogP contribution in [0.4, 0.5) is 10.5 Å². The summed E-state index contributed by atoms with van der Waals surface area (Å²) in [7, 11) is 1.50. The molecule has 0 fully saturated rings. The number of nitrogens with zero attached hydrogens (tertiary/aromatic N) is 1. The molecule has 1 aromatic carbocycles. The van der Waals surface area contributed by atoms with Crippen LogP contribution >= 0.6 is 0 Å². The zero-order valence-corrected chi connectivity index (χ0v) is 7.91. The first kappa shape index (κ1) is 12.8. The first-order valence-electron chi connectivity index (χ1n) is 3.82. The first-order chi connectivity index (χ1) is 7.09. The molecule has 0 atom stereocenters. The van der Waals surface area contributed by atoms with E-state index < -0.39 is 11.1 Å². The second kappa shape index (κ2) is 6.33. The van der Waals surface area contributed by atoms with Crippen molar-refractivity contribution < 1.29 is 19.6 Å². The van der Waals surface area contributed by atoms with Gasteiger partial charge in [-0.05, 0) is 19.2 Å². The molecule has 0 aliphatic rings. The van der Waals surface area contributed by atoms with E-state index in [2.05, 4.69) is 10.5 Å². The minimum absolute atomic E-state index is 0.0538. The third kappa shape index (κ3) is 4.58. The molecule has 82 valence electrons. The summed E-state index contributed by atoms with van der Waals surface area (Å²) in [6, 6.07) is 4.76. The van der Waals surface area contributed by atoms with Crippen molar-refractivity contribution >= 4 is 11.8 Å². The van der Waals surface area contributed by atoms with Gasteiger partial charge in [0.2, 0.25) is 0 Å². The summed E-state index contributed by atoms with van der Waals surface area (Å²) in [5.41, 5.74) is 4.39. The maximum Gasteiger partial charge on any atom is 0.511 e. The number of nitro benzene ring substituents is 1. The van der Waals surface area contributed by atoms with E-state index in [0.717, 1.165) is 12.1 Å². The number of carbonyl (C=O) groups is 1. The van der Waals surface area contributed by atoms with Gasteiger partial charge in [-0.3, -0.25) is 10.1 Å². The maximum atomic E-state index is 10.2. The zero-order chi connectivity index (χ0) is 11.8. The lowest BCUT2D eigenvalue weighted by Crippen LogP contribution is -2.02. The van der Waals surface area contributed by atoms with Crippen molar-refractivity contribution in [3.8, 4) is 5.75 Å². The van der Waals surface area contributed by atoms with Crippen molar-refractivity contribution in [2.45, 2.75) is 0 Å². The van der Waals surface area contributed by atoms with Crippen LogP contribution in [0, 0.1) is 10.1 Å². The van der Waals surface area contributed by atoms with Gasteiger partial charge in [0.05, 0.1) is 4.92 Å². The van der Waals surface area contributed by atoms with Crippen molar-refractivity contribution in [2.75, 3.05) is 7.05 Å². The topological polar surface area (TPSA) is 116 Å². The molecule has 0 radical (unpaired) electrons. The van der Waals surface area contributed by atoms with Crippen LogP contribution in [0.5, 0.6) is 5.75 Å². The average Bonchev–Trinajstić information content (AvgIpc) is 2.20.